The van der Waals surface area contributed by atoms with Crippen LogP contribution < -0.4 is 10.6 Å². The van der Waals surface area contributed by atoms with Gasteiger partial charge in [0, 0.05) is 12.6 Å². The van der Waals surface area contributed by atoms with Gasteiger partial charge in [-0.25, -0.2) is 4.79 Å². The van der Waals surface area contributed by atoms with Gasteiger partial charge in [-0.1, -0.05) is 6.92 Å². The molecule has 128 valence electrons. The second kappa shape index (κ2) is 6.11. The van der Waals surface area contributed by atoms with Gasteiger partial charge in [0.25, 0.3) is 5.91 Å². The highest BCUT2D eigenvalue weighted by molar-refractivity contribution is 6.09. The van der Waals surface area contributed by atoms with Crippen LogP contribution in [0.3, 0.4) is 0 Å². The number of likely N-dealkylation sites (N-methyl/N-ethyl adjacent to an activating group) is 1. The number of carbonyl (C=O) groups excluding carboxylic acids is 3. The molecule has 2 heterocycles. The lowest BCUT2D eigenvalue weighted by atomic mass is 9.96. The van der Waals surface area contributed by atoms with Gasteiger partial charge in [0.2, 0.25) is 5.91 Å². The summed E-state index contributed by atoms with van der Waals surface area (Å²) in [7, 11) is 0. The van der Waals surface area contributed by atoms with Crippen molar-refractivity contribution in [2.75, 3.05) is 26.2 Å². The van der Waals surface area contributed by atoms with Crippen LogP contribution in [0.2, 0.25) is 0 Å². The van der Waals surface area contributed by atoms with Crippen molar-refractivity contribution in [2.45, 2.75) is 51.1 Å². The molecule has 0 radical (unpaired) electrons. The monoisotopic (exact) mass is 322 g/mol. The lowest BCUT2D eigenvalue weighted by Gasteiger charge is -2.23. The molecule has 0 aromatic rings. The molecule has 0 bridgehead atoms. The van der Waals surface area contributed by atoms with Gasteiger partial charge in [-0.15, -0.1) is 0 Å². The van der Waals surface area contributed by atoms with E-state index in [0.29, 0.717) is 12.6 Å². The van der Waals surface area contributed by atoms with Gasteiger partial charge in [0.1, 0.15) is 12.1 Å². The van der Waals surface area contributed by atoms with Crippen molar-refractivity contribution in [3.63, 3.8) is 0 Å². The van der Waals surface area contributed by atoms with Crippen LogP contribution in [0.4, 0.5) is 4.79 Å². The first-order valence-electron chi connectivity index (χ1n) is 8.60. The van der Waals surface area contributed by atoms with E-state index in [-0.39, 0.29) is 24.3 Å². The van der Waals surface area contributed by atoms with Gasteiger partial charge >= 0.3 is 6.03 Å². The fourth-order valence-corrected chi connectivity index (χ4v) is 3.77. The van der Waals surface area contributed by atoms with Crippen molar-refractivity contribution in [1.82, 2.24) is 20.4 Å². The third-order valence-electron chi connectivity index (χ3n) is 5.44. The lowest BCUT2D eigenvalue weighted by Crippen LogP contribution is -2.47. The van der Waals surface area contributed by atoms with Gasteiger partial charge in [0.05, 0.1) is 0 Å². The van der Waals surface area contributed by atoms with E-state index < -0.39 is 11.6 Å². The molecule has 2 aliphatic heterocycles. The Hall–Kier alpha value is -1.63. The minimum Gasteiger partial charge on any atom is -0.353 e. The van der Waals surface area contributed by atoms with Crippen LogP contribution in [0.1, 0.15) is 39.5 Å². The second-order valence-electron chi connectivity index (χ2n) is 7.03. The van der Waals surface area contributed by atoms with E-state index in [1.165, 1.54) is 0 Å². The molecule has 0 aromatic carbocycles. The Kier molecular flexibility index (Phi) is 4.31. The Balaban J connectivity index is 1.51. The molecule has 3 rings (SSSR count). The summed E-state index contributed by atoms with van der Waals surface area (Å²) in [6.45, 7) is 6.33. The van der Waals surface area contributed by atoms with E-state index >= 15 is 0 Å². The third kappa shape index (κ3) is 3.06. The topological polar surface area (TPSA) is 81.8 Å². The molecule has 2 saturated heterocycles. The summed E-state index contributed by atoms with van der Waals surface area (Å²) >= 11 is 0. The molecule has 4 amide bonds. The van der Waals surface area contributed by atoms with Crippen molar-refractivity contribution < 1.29 is 14.4 Å². The first kappa shape index (κ1) is 16.2. The number of likely N-dealkylation sites (tertiary alicyclic amines) is 1. The maximum atomic E-state index is 12.5. The number of imide groups is 1. The zero-order valence-corrected chi connectivity index (χ0v) is 13.9. The largest absolute Gasteiger partial charge is 0.353 e. The summed E-state index contributed by atoms with van der Waals surface area (Å²) in [6, 6.07) is -0.0839. The van der Waals surface area contributed by atoms with Crippen molar-refractivity contribution in [3.8, 4) is 0 Å². The fourth-order valence-electron chi connectivity index (χ4n) is 3.77. The van der Waals surface area contributed by atoms with Crippen LogP contribution in [0.15, 0.2) is 0 Å². The highest BCUT2D eigenvalue weighted by Crippen LogP contribution is 2.42. The highest BCUT2D eigenvalue weighted by Gasteiger charge is 2.56. The number of rotatable bonds is 6. The number of urea groups is 1. The summed E-state index contributed by atoms with van der Waals surface area (Å²) in [5.74, 6) is -0.323. The maximum Gasteiger partial charge on any atom is 0.325 e. The first-order chi connectivity index (χ1) is 11.0. The molecule has 23 heavy (non-hydrogen) atoms. The minimum absolute atomic E-state index is 0.189. The number of hydrogen-bond donors (Lipinski definition) is 2. The average molecular weight is 322 g/mol. The molecule has 2 N–H and O–H groups in total. The molecule has 0 aromatic heterocycles. The van der Waals surface area contributed by atoms with E-state index in [1.54, 1.807) is 6.92 Å². The van der Waals surface area contributed by atoms with Gasteiger partial charge in [-0.3, -0.25) is 19.4 Å². The number of nitrogens with zero attached hydrogens (tertiary/aromatic N) is 2. The fraction of sp³-hybridized carbons (Fsp3) is 0.812. The SMILES string of the molecule is CCN1CCCC1CNC(=O)CN1C(=O)NC(C)(C2CC2)C1=O. The van der Waals surface area contributed by atoms with Gasteiger partial charge in [-0.2, -0.15) is 0 Å². The molecule has 2 atom stereocenters. The van der Waals surface area contributed by atoms with E-state index in [4.69, 9.17) is 0 Å². The summed E-state index contributed by atoms with van der Waals surface area (Å²) in [4.78, 5) is 40.0. The van der Waals surface area contributed by atoms with Gasteiger partial charge in [-0.05, 0) is 51.6 Å². The smallest absolute Gasteiger partial charge is 0.325 e. The average Bonchev–Trinajstić information content (AvgIpc) is 3.24. The summed E-state index contributed by atoms with van der Waals surface area (Å²) in [6.07, 6.45) is 4.15. The molecule has 3 aliphatic rings. The van der Waals surface area contributed by atoms with Crippen LogP contribution in [-0.2, 0) is 9.59 Å². The van der Waals surface area contributed by atoms with E-state index in [1.807, 2.05) is 0 Å². The van der Waals surface area contributed by atoms with Crippen molar-refractivity contribution in [1.29, 1.82) is 0 Å². The predicted molar refractivity (Wildman–Crippen MR) is 84.7 cm³/mol. The number of nitrogens with one attached hydrogen (secondary N) is 2. The Labute approximate surface area is 136 Å². The number of hydrogen-bond acceptors (Lipinski definition) is 4. The molecular weight excluding hydrogens is 296 g/mol. The molecular formula is C16H26N4O3. The van der Waals surface area contributed by atoms with Gasteiger partial charge in [0.15, 0.2) is 0 Å². The lowest BCUT2D eigenvalue weighted by molar-refractivity contribution is -0.135. The molecule has 1 aliphatic carbocycles. The van der Waals surface area contributed by atoms with E-state index in [2.05, 4.69) is 22.5 Å². The highest BCUT2D eigenvalue weighted by atomic mass is 16.2. The molecule has 7 nitrogen and oxygen atoms in total. The standard InChI is InChI=1S/C16H26N4O3/c1-3-19-8-4-5-12(19)9-17-13(21)10-20-14(22)16(2,11-6-7-11)18-15(20)23/h11-12H,3-10H2,1-2H3,(H,17,21)(H,18,23). The molecule has 1 saturated carbocycles. The molecule has 7 heteroatoms. The summed E-state index contributed by atoms with van der Waals surface area (Å²) < 4.78 is 0. The minimum atomic E-state index is -0.818. The van der Waals surface area contributed by atoms with Crippen molar-refractivity contribution >= 4 is 17.8 Å². The quantitative estimate of drug-likeness (QED) is 0.690. The predicted octanol–water partition coefficient (Wildman–Crippen LogP) is 0.307. The van der Waals surface area contributed by atoms with Crippen LogP contribution in [0.5, 0.6) is 0 Å². The summed E-state index contributed by atoms with van der Waals surface area (Å²) in [5.41, 5.74) is -0.818. The Bertz CT molecular complexity index is 519. The van der Waals surface area contributed by atoms with Crippen molar-refractivity contribution in [2.24, 2.45) is 5.92 Å². The molecule has 3 fully saturated rings. The van der Waals surface area contributed by atoms with Crippen molar-refractivity contribution in [3.05, 3.63) is 0 Å². The zero-order valence-electron chi connectivity index (χ0n) is 13.9. The zero-order chi connectivity index (χ0) is 16.6. The van der Waals surface area contributed by atoms with Crippen LogP contribution in [0.25, 0.3) is 0 Å². The number of amides is 4. The van der Waals surface area contributed by atoms with Crippen LogP contribution in [-0.4, -0.2) is 65.4 Å². The first-order valence-corrected chi connectivity index (χ1v) is 8.60. The van der Waals surface area contributed by atoms with E-state index in [9.17, 15) is 14.4 Å². The van der Waals surface area contributed by atoms with Crippen LogP contribution >= 0.6 is 0 Å². The Morgan fingerprint density at radius 2 is 2.09 bits per heavy atom. The summed E-state index contributed by atoms with van der Waals surface area (Å²) in [5, 5.41) is 5.63. The van der Waals surface area contributed by atoms with Gasteiger partial charge < -0.3 is 10.6 Å². The Morgan fingerprint density at radius 3 is 2.74 bits per heavy atom. The Morgan fingerprint density at radius 1 is 1.35 bits per heavy atom. The molecule has 2 unspecified atom stereocenters. The third-order valence-corrected chi connectivity index (χ3v) is 5.44. The number of carbonyl (C=O) groups is 3. The second-order valence-corrected chi connectivity index (χ2v) is 7.03. The van der Waals surface area contributed by atoms with E-state index in [0.717, 1.165) is 43.7 Å². The van der Waals surface area contributed by atoms with Crippen LogP contribution in [0, 0.1) is 5.92 Å². The molecule has 0 spiro atoms. The normalized spacial score (nSPS) is 31.6. The maximum absolute atomic E-state index is 12.5.